The van der Waals surface area contributed by atoms with Crippen molar-refractivity contribution in [2.45, 2.75) is 42.6 Å². The second-order valence-corrected chi connectivity index (χ2v) is 10.4. The van der Waals surface area contributed by atoms with Crippen LogP contribution in [0, 0.1) is 0 Å². The Labute approximate surface area is 203 Å². The molecular weight excluding hydrogens is 464 g/mol. The molecule has 0 saturated heterocycles. The van der Waals surface area contributed by atoms with Gasteiger partial charge in [0.1, 0.15) is 17.5 Å². The number of rotatable bonds is 5. The van der Waals surface area contributed by atoms with Crippen molar-refractivity contribution in [3.05, 3.63) is 53.1 Å². The molecule has 0 unspecified atom stereocenters. The number of amides is 2. The van der Waals surface area contributed by atoms with Crippen molar-refractivity contribution < 1.29 is 24.2 Å². The molecule has 0 aromatic heterocycles. The molecule has 0 radical (unpaired) electrons. The lowest BCUT2D eigenvalue weighted by Gasteiger charge is -2.29. The minimum atomic E-state index is -1.29. The highest BCUT2D eigenvalue weighted by molar-refractivity contribution is 7.99. The highest BCUT2D eigenvalue weighted by Gasteiger charge is 2.37. The lowest BCUT2D eigenvalue weighted by molar-refractivity contribution is -0.126. The molecule has 9 heteroatoms. The van der Waals surface area contributed by atoms with E-state index in [1.165, 1.54) is 21.6 Å². The van der Waals surface area contributed by atoms with Crippen molar-refractivity contribution >= 4 is 41.1 Å². The predicted octanol–water partition coefficient (Wildman–Crippen LogP) is 4.76. The number of carbonyl (C=O) groups excluding carboxylic acids is 2. The largest absolute Gasteiger partial charge is 0.497 e. The molecule has 1 N–H and O–H groups in total. The molecule has 3 rings (SSSR count). The first kappa shape index (κ1) is 25.2. The zero-order chi connectivity index (χ0) is 24.3. The first-order chi connectivity index (χ1) is 15.5. The minimum absolute atomic E-state index is 0.191. The number of nitrogens with zero attached hydrogens (tertiary/aromatic N) is 2. The molecule has 0 saturated carbocycles. The Morgan fingerprint density at radius 2 is 1.88 bits per heavy atom. The van der Waals surface area contributed by atoms with Crippen LogP contribution < -0.4 is 9.64 Å². The lowest BCUT2D eigenvalue weighted by Crippen LogP contribution is -2.45. The van der Waals surface area contributed by atoms with Crippen molar-refractivity contribution in [3.63, 3.8) is 0 Å². The third-order valence-electron chi connectivity index (χ3n) is 5.08. The van der Waals surface area contributed by atoms with Crippen LogP contribution in [0.3, 0.4) is 0 Å². The summed E-state index contributed by atoms with van der Waals surface area (Å²) in [6.45, 7) is 5.81. The maximum atomic E-state index is 13.4. The van der Waals surface area contributed by atoms with Crippen LogP contribution in [0.15, 0.2) is 47.4 Å². The van der Waals surface area contributed by atoms with Crippen LogP contribution >= 0.6 is 23.4 Å². The average Bonchev–Trinajstić information content (AvgIpc) is 2.85. The molecule has 178 valence electrons. The Morgan fingerprint density at radius 1 is 1.21 bits per heavy atom. The number of halogens is 1. The van der Waals surface area contributed by atoms with Crippen LogP contribution in [0.5, 0.6) is 5.75 Å². The molecule has 1 aliphatic heterocycles. The Morgan fingerprint density at radius 3 is 2.48 bits per heavy atom. The summed E-state index contributed by atoms with van der Waals surface area (Å²) in [6, 6.07) is 12.5. The highest BCUT2D eigenvalue weighted by atomic mass is 35.5. The summed E-state index contributed by atoms with van der Waals surface area (Å²) in [5, 5.41) is 11.1. The number of benzene rings is 2. The number of carbonyl (C=O) groups is 2. The van der Waals surface area contributed by atoms with Gasteiger partial charge in [-0.3, -0.25) is 4.79 Å². The van der Waals surface area contributed by atoms with Gasteiger partial charge in [0.05, 0.1) is 18.0 Å². The predicted molar refractivity (Wildman–Crippen MR) is 130 cm³/mol. The van der Waals surface area contributed by atoms with E-state index in [1.807, 2.05) is 12.1 Å². The van der Waals surface area contributed by atoms with Crippen molar-refractivity contribution in [2.24, 2.45) is 0 Å². The van der Waals surface area contributed by atoms with Gasteiger partial charge in [0.15, 0.2) is 0 Å². The number of aliphatic hydroxyl groups excluding tert-OH is 1. The summed E-state index contributed by atoms with van der Waals surface area (Å²) < 4.78 is 10.6. The number of thioether (sulfide) groups is 1. The van der Waals surface area contributed by atoms with Crippen LogP contribution in [0.1, 0.15) is 31.6 Å². The molecule has 0 spiro atoms. The van der Waals surface area contributed by atoms with E-state index < -0.39 is 29.0 Å². The van der Waals surface area contributed by atoms with Crippen molar-refractivity contribution in [3.8, 4) is 5.75 Å². The van der Waals surface area contributed by atoms with E-state index in [9.17, 15) is 14.7 Å². The molecular formula is C24H29ClN2O5S. The van der Waals surface area contributed by atoms with E-state index in [-0.39, 0.29) is 13.1 Å². The molecule has 0 fully saturated rings. The van der Waals surface area contributed by atoms with Gasteiger partial charge in [0.2, 0.25) is 0 Å². The van der Waals surface area contributed by atoms with Crippen molar-refractivity contribution in [2.75, 3.05) is 32.1 Å². The molecule has 2 amide bonds. The fourth-order valence-corrected chi connectivity index (χ4v) is 4.91. The number of hydrogen-bond acceptors (Lipinski definition) is 6. The molecule has 1 aliphatic rings. The van der Waals surface area contributed by atoms with Crippen LogP contribution in [0.4, 0.5) is 10.5 Å². The summed E-state index contributed by atoms with van der Waals surface area (Å²) in [5.74, 6) is 0.246. The van der Waals surface area contributed by atoms with Crippen LogP contribution in [-0.2, 0) is 9.53 Å². The van der Waals surface area contributed by atoms with Gasteiger partial charge in [-0.05, 0) is 56.7 Å². The zero-order valence-electron chi connectivity index (χ0n) is 19.4. The Balaban J connectivity index is 1.88. The molecule has 2 aromatic carbocycles. The van der Waals surface area contributed by atoms with Gasteiger partial charge in [0, 0.05) is 30.1 Å². The van der Waals surface area contributed by atoms with E-state index in [4.69, 9.17) is 21.1 Å². The molecule has 7 nitrogen and oxygen atoms in total. The molecule has 33 heavy (non-hydrogen) atoms. The second-order valence-electron chi connectivity index (χ2n) is 8.76. The summed E-state index contributed by atoms with van der Waals surface area (Å²) in [4.78, 5) is 29.4. The molecule has 0 aliphatic carbocycles. The van der Waals surface area contributed by atoms with Crippen LogP contribution in [0.25, 0.3) is 0 Å². The number of hydrogen-bond donors (Lipinski definition) is 1. The average molecular weight is 493 g/mol. The lowest BCUT2D eigenvalue weighted by atomic mass is 10.1. The monoisotopic (exact) mass is 492 g/mol. The SMILES string of the molecule is COc1ccc([C@H]2Sc3cc(Cl)ccc3N(CCN(C)C(=O)OC(C)(C)C)C(=O)[C@H]2O)cc1. The normalized spacial score (nSPS) is 18.4. The molecule has 1 heterocycles. The van der Waals surface area contributed by atoms with Gasteiger partial charge >= 0.3 is 6.09 Å². The van der Waals surface area contributed by atoms with E-state index in [2.05, 4.69) is 0 Å². The Kier molecular flexibility index (Phi) is 7.82. The minimum Gasteiger partial charge on any atom is -0.497 e. The van der Waals surface area contributed by atoms with Gasteiger partial charge in [-0.15, -0.1) is 11.8 Å². The molecule has 0 bridgehead atoms. The van der Waals surface area contributed by atoms with Gasteiger partial charge in [-0.1, -0.05) is 23.7 Å². The van der Waals surface area contributed by atoms with Gasteiger partial charge in [-0.25, -0.2) is 4.79 Å². The number of ether oxygens (including phenoxy) is 2. The third kappa shape index (κ3) is 6.13. The van der Waals surface area contributed by atoms with Crippen LogP contribution in [0.2, 0.25) is 5.02 Å². The fraction of sp³-hybridized carbons (Fsp3) is 0.417. The highest BCUT2D eigenvalue weighted by Crippen LogP contribution is 2.46. The number of likely N-dealkylation sites (N-methyl/N-ethyl adjacent to an activating group) is 1. The van der Waals surface area contributed by atoms with Crippen molar-refractivity contribution in [1.29, 1.82) is 0 Å². The fourth-order valence-electron chi connectivity index (χ4n) is 3.37. The summed E-state index contributed by atoms with van der Waals surface area (Å²) in [6.07, 6.45) is -1.77. The second kappa shape index (κ2) is 10.2. The maximum absolute atomic E-state index is 13.4. The van der Waals surface area contributed by atoms with E-state index in [0.29, 0.717) is 16.5 Å². The van der Waals surface area contributed by atoms with Crippen LogP contribution in [-0.4, -0.2) is 61.0 Å². The number of aliphatic hydroxyl groups is 1. The van der Waals surface area contributed by atoms with Gasteiger partial charge in [-0.2, -0.15) is 0 Å². The summed E-state index contributed by atoms with van der Waals surface area (Å²) in [7, 11) is 3.20. The standard InChI is InChI=1S/C24H29ClN2O5S/c1-24(2,3)32-23(30)26(4)12-13-27-18-11-8-16(25)14-19(18)33-21(20(28)22(27)29)15-6-9-17(31-5)10-7-15/h6-11,14,20-21,28H,12-13H2,1-5H3/t20-,21+/m0/s1. The van der Waals surface area contributed by atoms with Gasteiger partial charge in [0.25, 0.3) is 5.91 Å². The van der Waals surface area contributed by atoms with E-state index in [0.717, 1.165) is 10.5 Å². The summed E-state index contributed by atoms with van der Waals surface area (Å²) >= 11 is 7.63. The first-order valence-electron chi connectivity index (χ1n) is 10.5. The first-order valence-corrected chi connectivity index (χ1v) is 11.8. The van der Waals surface area contributed by atoms with Crippen molar-refractivity contribution in [1.82, 2.24) is 4.90 Å². The Hall–Kier alpha value is -2.42. The van der Waals surface area contributed by atoms with Gasteiger partial charge < -0.3 is 24.4 Å². The quantitative estimate of drug-likeness (QED) is 0.648. The third-order valence-corrected chi connectivity index (χ3v) is 6.68. The number of fused-ring (bicyclic) bond motifs is 1. The Bertz CT molecular complexity index is 1010. The maximum Gasteiger partial charge on any atom is 0.410 e. The summed E-state index contributed by atoms with van der Waals surface area (Å²) in [5.41, 5.74) is 0.813. The number of methoxy groups -OCH3 is 1. The number of anilines is 1. The smallest absolute Gasteiger partial charge is 0.410 e. The molecule has 2 atom stereocenters. The van der Waals surface area contributed by atoms with E-state index in [1.54, 1.807) is 65.3 Å². The molecule has 2 aromatic rings. The topological polar surface area (TPSA) is 79.3 Å². The zero-order valence-corrected chi connectivity index (χ0v) is 20.9. The van der Waals surface area contributed by atoms with E-state index >= 15 is 0 Å².